The average molecular weight is 315 g/mol. The number of anilines is 1. The van der Waals surface area contributed by atoms with Crippen LogP contribution >= 0.6 is 0 Å². The number of fused-ring (bicyclic) bond motifs is 1. The molecule has 116 valence electrons. The molecule has 4 heteroatoms. The molecule has 0 radical (unpaired) electrons. The number of rotatable bonds is 3. The Balaban J connectivity index is 1.98. The summed E-state index contributed by atoms with van der Waals surface area (Å²) < 4.78 is 28.1. The molecule has 1 N–H and O–H groups in total. The van der Waals surface area contributed by atoms with Gasteiger partial charge in [-0.25, -0.2) is 8.42 Å². The molecule has 2 aromatic carbocycles. The van der Waals surface area contributed by atoms with Crippen molar-refractivity contribution in [2.24, 2.45) is 0 Å². The van der Waals surface area contributed by atoms with Crippen molar-refractivity contribution in [1.29, 1.82) is 0 Å². The molecule has 0 fully saturated rings. The van der Waals surface area contributed by atoms with Gasteiger partial charge in [0, 0.05) is 0 Å². The smallest absolute Gasteiger partial charge is 0.261 e. The molecule has 0 saturated heterocycles. The molecule has 0 bridgehead atoms. The van der Waals surface area contributed by atoms with E-state index in [9.17, 15) is 8.42 Å². The van der Waals surface area contributed by atoms with Crippen molar-refractivity contribution in [2.45, 2.75) is 44.9 Å². The predicted octanol–water partition coefficient (Wildman–Crippen LogP) is 3.90. The highest BCUT2D eigenvalue weighted by atomic mass is 32.2. The van der Waals surface area contributed by atoms with Crippen molar-refractivity contribution in [3.8, 4) is 0 Å². The van der Waals surface area contributed by atoms with E-state index in [0.717, 1.165) is 36.0 Å². The van der Waals surface area contributed by atoms with Crippen LogP contribution < -0.4 is 4.72 Å². The molecule has 0 atom stereocenters. The van der Waals surface area contributed by atoms with Crippen molar-refractivity contribution in [3.05, 3.63) is 58.1 Å². The van der Waals surface area contributed by atoms with Gasteiger partial charge in [-0.15, -0.1) is 0 Å². The summed E-state index contributed by atoms with van der Waals surface area (Å²) in [6, 6.07) is 9.47. The third kappa shape index (κ3) is 2.75. The monoisotopic (exact) mass is 315 g/mol. The minimum Gasteiger partial charge on any atom is -0.279 e. The highest BCUT2D eigenvalue weighted by molar-refractivity contribution is 7.92. The Kier molecular flexibility index (Phi) is 3.73. The molecule has 22 heavy (non-hydrogen) atoms. The van der Waals surface area contributed by atoms with Crippen LogP contribution in [0.3, 0.4) is 0 Å². The van der Waals surface area contributed by atoms with Crippen LogP contribution in [0.5, 0.6) is 0 Å². The summed E-state index contributed by atoms with van der Waals surface area (Å²) in [4.78, 5) is 0.354. The van der Waals surface area contributed by atoms with E-state index < -0.39 is 10.0 Å². The van der Waals surface area contributed by atoms with Crippen molar-refractivity contribution in [1.82, 2.24) is 0 Å². The normalized spacial score (nSPS) is 14.0. The van der Waals surface area contributed by atoms with Crippen LogP contribution in [0.15, 0.2) is 35.2 Å². The number of hydrogen-bond acceptors (Lipinski definition) is 2. The van der Waals surface area contributed by atoms with Gasteiger partial charge in [0.05, 0.1) is 10.6 Å². The number of hydrogen-bond donors (Lipinski definition) is 1. The zero-order valence-corrected chi connectivity index (χ0v) is 14.0. The topological polar surface area (TPSA) is 46.2 Å². The van der Waals surface area contributed by atoms with Gasteiger partial charge in [0.1, 0.15) is 0 Å². The molecule has 0 unspecified atom stereocenters. The van der Waals surface area contributed by atoms with E-state index in [4.69, 9.17) is 0 Å². The molecule has 0 heterocycles. The van der Waals surface area contributed by atoms with E-state index in [1.54, 1.807) is 6.07 Å². The van der Waals surface area contributed by atoms with Crippen LogP contribution in [-0.4, -0.2) is 8.42 Å². The highest BCUT2D eigenvalue weighted by Gasteiger charge is 2.20. The Labute approximate surface area is 132 Å². The summed E-state index contributed by atoms with van der Waals surface area (Å²) in [5, 5.41) is 0. The molecule has 1 aliphatic carbocycles. The van der Waals surface area contributed by atoms with Gasteiger partial charge in [-0.1, -0.05) is 23.8 Å². The lowest BCUT2D eigenvalue weighted by atomic mass is 10.1. The van der Waals surface area contributed by atoms with Gasteiger partial charge in [-0.2, -0.15) is 0 Å². The summed E-state index contributed by atoms with van der Waals surface area (Å²) in [5.74, 6) is 0. The lowest BCUT2D eigenvalue weighted by Crippen LogP contribution is -2.15. The minimum absolute atomic E-state index is 0.354. The third-order valence-corrected chi connectivity index (χ3v) is 5.64. The Morgan fingerprint density at radius 1 is 0.909 bits per heavy atom. The molecular formula is C18H21NO2S. The first-order chi connectivity index (χ1) is 10.4. The Morgan fingerprint density at radius 3 is 2.23 bits per heavy atom. The molecule has 0 saturated carbocycles. The van der Waals surface area contributed by atoms with Gasteiger partial charge in [0.2, 0.25) is 0 Å². The lowest BCUT2D eigenvalue weighted by molar-refractivity contribution is 0.601. The second kappa shape index (κ2) is 5.43. The van der Waals surface area contributed by atoms with Gasteiger partial charge in [0.25, 0.3) is 10.0 Å². The third-order valence-electron chi connectivity index (χ3n) is 4.29. The second-order valence-corrected chi connectivity index (χ2v) is 7.85. The maximum atomic E-state index is 12.7. The van der Waals surface area contributed by atoms with Gasteiger partial charge in [-0.3, -0.25) is 4.72 Å². The first kappa shape index (κ1) is 15.1. The largest absolute Gasteiger partial charge is 0.279 e. The van der Waals surface area contributed by atoms with Gasteiger partial charge < -0.3 is 0 Å². The summed E-state index contributed by atoms with van der Waals surface area (Å²) in [7, 11) is -3.54. The van der Waals surface area contributed by atoms with E-state index in [-0.39, 0.29) is 0 Å². The zero-order chi connectivity index (χ0) is 15.9. The van der Waals surface area contributed by atoms with E-state index in [0.29, 0.717) is 10.6 Å². The Morgan fingerprint density at radius 2 is 1.55 bits per heavy atom. The van der Waals surface area contributed by atoms with E-state index in [2.05, 4.69) is 4.72 Å². The molecule has 2 aromatic rings. The second-order valence-electron chi connectivity index (χ2n) is 6.16. The van der Waals surface area contributed by atoms with Crippen molar-refractivity contribution < 1.29 is 8.42 Å². The van der Waals surface area contributed by atoms with Crippen molar-refractivity contribution in [2.75, 3.05) is 4.72 Å². The van der Waals surface area contributed by atoms with Crippen LogP contribution in [0, 0.1) is 20.8 Å². The SMILES string of the molecule is Cc1cc(C)c(NS(=O)(=O)c2ccc3c(c2)CCC3)c(C)c1. The van der Waals surface area contributed by atoms with Crippen LogP contribution in [0.4, 0.5) is 5.69 Å². The van der Waals surface area contributed by atoms with E-state index in [1.165, 1.54) is 11.1 Å². The molecule has 1 aliphatic rings. The predicted molar refractivity (Wildman–Crippen MR) is 89.9 cm³/mol. The van der Waals surface area contributed by atoms with Gasteiger partial charge >= 0.3 is 0 Å². The molecule has 0 aliphatic heterocycles. The summed E-state index contributed by atoms with van der Waals surface area (Å²) in [6.45, 7) is 5.87. The standard InChI is InChI=1S/C18H21NO2S/c1-12-9-13(2)18(14(3)10-12)19-22(20,21)17-8-7-15-5-4-6-16(15)11-17/h7-11,19H,4-6H2,1-3H3. The molecule has 0 amide bonds. The summed E-state index contributed by atoms with van der Waals surface area (Å²) in [5.41, 5.74) is 6.16. The van der Waals surface area contributed by atoms with Crippen LogP contribution in [-0.2, 0) is 22.9 Å². The van der Waals surface area contributed by atoms with Crippen molar-refractivity contribution in [3.63, 3.8) is 0 Å². The zero-order valence-electron chi connectivity index (χ0n) is 13.2. The molecule has 3 rings (SSSR count). The fourth-order valence-corrected chi connectivity index (χ4v) is 4.50. The first-order valence-electron chi connectivity index (χ1n) is 7.59. The highest BCUT2D eigenvalue weighted by Crippen LogP contribution is 2.28. The number of benzene rings is 2. The fourth-order valence-electron chi connectivity index (χ4n) is 3.25. The Bertz CT molecular complexity index is 815. The van der Waals surface area contributed by atoms with Crippen LogP contribution in [0.1, 0.15) is 34.2 Å². The molecule has 0 aromatic heterocycles. The van der Waals surface area contributed by atoms with Crippen LogP contribution in [0.25, 0.3) is 0 Å². The van der Waals surface area contributed by atoms with Crippen molar-refractivity contribution >= 4 is 15.7 Å². The maximum Gasteiger partial charge on any atom is 0.261 e. The summed E-state index contributed by atoms with van der Waals surface area (Å²) in [6.07, 6.45) is 3.14. The molecular weight excluding hydrogens is 294 g/mol. The minimum atomic E-state index is -3.54. The van der Waals surface area contributed by atoms with E-state index in [1.807, 2.05) is 45.0 Å². The summed E-state index contributed by atoms with van der Waals surface area (Å²) >= 11 is 0. The average Bonchev–Trinajstić information content (AvgIpc) is 2.90. The molecule has 0 spiro atoms. The maximum absolute atomic E-state index is 12.7. The number of sulfonamides is 1. The van der Waals surface area contributed by atoms with Gasteiger partial charge in [0.15, 0.2) is 0 Å². The number of aryl methyl sites for hydroxylation is 5. The molecule has 3 nitrogen and oxygen atoms in total. The fraction of sp³-hybridized carbons (Fsp3) is 0.333. The number of nitrogens with one attached hydrogen (secondary N) is 1. The van der Waals surface area contributed by atoms with Gasteiger partial charge in [-0.05, 0) is 74.4 Å². The van der Waals surface area contributed by atoms with Crippen LogP contribution in [0.2, 0.25) is 0 Å². The first-order valence-corrected chi connectivity index (χ1v) is 9.07. The lowest BCUT2D eigenvalue weighted by Gasteiger charge is -2.15. The quantitative estimate of drug-likeness (QED) is 0.933. The Hall–Kier alpha value is -1.81. The van der Waals surface area contributed by atoms with E-state index >= 15 is 0 Å².